The molecule has 4 atom stereocenters. The summed E-state index contributed by atoms with van der Waals surface area (Å²) in [6, 6.07) is 0. The second-order valence-electron chi connectivity index (χ2n) is 12.2. The lowest BCUT2D eigenvalue weighted by Crippen LogP contribution is -2.41. The first kappa shape index (κ1) is 26.0. The fourth-order valence-corrected chi connectivity index (χ4v) is 5.49. The average Bonchev–Trinajstić information content (AvgIpc) is 2.55. The first-order valence-electron chi connectivity index (χ1n) is 12.0. The third-order valence-corrected chi connectivity index (χ3v) is 12.8. The van der Waals surface area contributed by atoms with Crippen molar-refractivity contribution in [1.82, 2.24) is 0 Å². The second kappa shape index (κ2) is 10.3. The predicted molar refractivity (Wildman–Crippen MR) is 129 cm³/mol. The van der Waals surface area contributed by atoms with Gasteiger partial charge in [-0.1, -0.05) is 80.9 Å². The number of hydrogen-bond acceptors (Lipinski definition) is 1. The van der Waals surface area contributed by atoms with Gasteiger partial charge < -0.3 is 4.43 Å². The van der Waals surface area contributed by atoms with E-state index in [1.54, 1.807) is 0 Å². The molecule has 0 radical (unpaired) electrons. The third-order valence-electron chi connectivity index (χ3n) is 8.25. The SMILES string of the molecule is CC(C)[C@H]1CC[C@@H](C)C[C@H]1C=C[C@@](C)(CCCO[Si](C)(C)C(C)(C)C)C(C)C. The van der Waals surface area contributed by atoms with Crippen LogP contribution in [0.15, 0.2) is 12.2 Å². The van der Waals surface area contributed by atoms with Crippen molar-refractivity contribution >= 4 is 8.32 Å². The molecule has 2 heteroatoms. The van der Waals surface area contributed by atoms with Crippen LogP contribution in [-0.2, 0) is 4.43 Å². The van der Waals surface area contributed by atoms with Gasteiger partial charge in [-0.25, -0.2) is 0 Å². The molecule has 0 saturated heterocycles. The lowest BCUT2D eigenvalue weighted by atomic mass is 9.68. The fourth-order valence-electron chi connectivity index (χ4n) is 4.40. The standard InChI is InChI=1S/C26H52OSi/c1-20(2)24-14-13-22(5)19-23(24)15-17-26(9,21(3)4)16-12-18-27-28(10,11)25(6,7)8/h15,17,20-24H,12-14,16,18-19H2,1-11H3/t22-,23-,24-,26-/m1/s1. The molecule has 1 fully saturated rings. The Morgan fingerprint density at radius 1 is 1.04 bits per heavy atom. The molecule has 1 aliphatic carbocycles. The molecule has 0 aromatic heterocycles. The molecule has 1 saturated carbocycles. The highest BCUT2D eigenvalue weighted by Crippen LogP contribution is 2.41. The normalized spacial score (nSPS) is 27.0. The van der Waals surface area contributed by atoms with Gasteiger partial charge in [-0.3, -0.25) is 0 Å². The summed E-state index contributed by atoms with van der Waals surface area (Å²) < 4.78 is 6.44. The van der Waals surface area contributed by atoms with E-state index in [1.165, 1.54) is 32.1 Å². The summed E-state index contributed by atoms with van der Waals surface area (Å²) in [7, 11) is -1.62. The van der Waals surface area contributed by atoms with Gasteiger partial charge in [0.1, 0.15) is 0 Å². The third kappa shape index (κ3) is 7.31. The molecule has 0 aromatic carbocycles. The van der Waals surface area contributed by atoms with Crippen LogP contribution in [0.5, 0.6) is 0 Å². The van der Waals surface area contributed by atoms with E-state index in [-0.39, 0.29) is 5.41 Å². The van der Waals surface area contributed by atoms with Crippen molar-refractivity contribution in [3.8, 4) is 0 Å². The number of hydrogen-bond donors (Lipinski definition) is 0. The van der Waals surface area contributed by atoms with E-state index < -0.39 is 8.32 Å². The molecule has 28 heavy (non-hydrogen) atoms. The Bertz CT molecular complexity index is 485. The molecule has 166 valence electrons. The maximum absolute atomic E-state index is 6.44. The van der Waals surface area contributed by atoms with E-state index in [1.807, 2.05) is 0 Å². The molecule has 0 unspecified atom stereocenters. The Morgan fingerprint density at radius 2 is 1.64 bits per heavy atom. The predicted octanol–water partition coefficient (Wildman–Crippen LogP) is 8.72. The highest BCUT2D eigenvalue weighted by atomic mass is 28.4. The van der Waals surface area contributed by atoms with Gasteiger partial charge in [-0.15, -0.1) is 0 Å². The van der Waals surface area contributed by atoms with Crippen molar-refractivity contribution in [2.75, 3.05) is 6.61 Å². The summed E-state index contributed by atoms with van der Waals surface area (Å²) in [5.41, 5.74) is 0.277. The smallest absolute Gasteiger partial charge is 0.191 e. The zero-order chi connectivity index (χ0) is 21.8. The molecule has 0 heterocycles. The Labute approximate surface area is 179 Å². The van der Waals surface area contributed by atoms with Gasteiger partial charge in [-0.05, 0) is 78.8 Å². The van der Waals surface area contributed by atoms with Crippen LogP contribution in [0, 0.1) is 35.0 Å². The summed E-state index contributed by atoms with van der Waals surface area (Å²) in [6.45, 7) is 27.2. The zero-order valence-electron chi connectivity index (χ0n) is 21.2. The van der Waals surface area contributed by atoms with Gasteiger partial charge >= 0.3 is 0 Å². The monoisotopic (exact) mass is 408 g/mol. The van der Waals surface area contributed by atoms with E-state index >= 15 is 0 Å². The molecule has 0 spiro atoms. The van der Waals surface area contributed by atoms with Gasteiger partial charge in [0.15, 0.2) is 8.32 Å². The van der Waals surface area contributed by atoms with Crippen molar-refractivity contribution in [2.45, 2.75) is 113 Å². The summed E-state index contributed by atoms with van der Waals surface area (Å²) in [6.07, 6.45) is 11.8. The number of allylic oxidation sites excluding steroid dienone is 2. The van der Waals surface area contributed by atoms with Crippen molar-refractivity contribution in [3.63, 3.8) is 0 Å². The van der Waals surface area contributed by atoms with Crippen LogP contribution in [0.2, 0.25) is 18.1 Å². The van der Waals surface area contributed by atoms with Crippen molar-refractivity contribution in [3.05, 3.63) is 12.2 Å². The summed E-state index contributed by atoms with van der Waals surface area (Å²) in [5.74, 6) is 3.98. The highest BCUT2D eigenvalue weighted by molar-refractivity contribution is 6.74. The molecule has 0 aromatic rings. The first-order valence-corrected chi connectivity index (χ1v) is 14.9. The van der Waals surface area contributed by atoms with Gasteiger partial charge in [0.25, 0.3) is 0 Å². The molecule has 1 aliphatic rings. The summed E-state index contributed by atoms with van der Waals surface area (Å²) in [5, 5.41) is 0.303. The van der Waals surface area contributed by atoms with Crippen LogP contribution in [0.1, 0.15) is 94.4 Å². The van der Waals surface area contributed by atoms with E-state index in [0.717, 1.165) is 30.3 Å². The molecular weight excluding hydrogens is 356 g/mol. The van der Waals surface area contributed by atoms with Crippen LogP contribution in [0.25, 0.3) is 0 Å². The van der Waals surface area contributed by atoms with Gasteiger partial charge in [-0.2, -0.15) is 0 Å². The van der Waals surface area contributed by atoms with Gasteiger partial charge in [0.05, 0.1) is 0 Å². The Morgan fingerprint density at radius 3 is 2.14 bits per heavy atom. The Balaban J connectivity index is 2.73. The second-order valence-corrected chi connectivity index (χ2v) is 17.0. The average molecular weight is 409 g/mol. The quantitative estimate of drug-likeness (QED) is 0.210. The van der Waals surface area contributed by atoms with E-state index in [4.69, 9.17) is 4.43 Å². The van der Waals surface area contributed by atoms with Crippen LogP contribution >= 0.6 is 0 Å². The first-order chi connectivity index (χ1) is 12.7. The van der Waals surface area contributed by atoms with Gasteiger partial charge in [0, 0.05) is 6.61 Å². The lowest BCUT2D eigenvalue weighted by molar-refractivity contribution is 0.175. The van der Waals surface area contributed by atoms with Crippen molar-refractivity contribution < 1.29 is 4.43 Å². The number of rotatable bonds is 9. The maximum atomic E-state index is 6.44. The molecule has 0 bridgehead atoms. The Hall–Kier alpha value is -0.0831. The van der Waals surface area contributed by atoms with E-state index in [2.05, 4.69) is 87.6 Å². The minimum Gasteiger partial charge on any atom is -0.417 e. The molecule has 0 N–H and O–H groups in total. The molecule has 1 rings (SSSR count). The van der Waals surface area contributed by atoms with Crippen LogP contribution in [-0.4, -0.2) is 14.9 Å². The molecule has 1 nitrogen and oxygen atoms in total. The van der Waals surface area contributed by atoms with Crippen molar-refractivity contribution in [2.24, 2.45) is 35.0 Å². The minimum absolute atomic E-state index is 0.277. The zero-order valence-corrected chi connectivity index (χ0v) is 22.2. The maximum Gasteiger partial charge on any atom is 0.191 e. The van der Waals surface area contributed by atoms with Crippen molar-refractivity contribution in [1.29, 1.82) is 0 Å². The molecular formula is C26H52OSi. The molecule has 0 aliphatic heterocycles. The Kier molecular flexibility index (Phi) is 9.54. The topological polar surface area (TPSA) is 9.23 Å². The fraction of sp³-hybridized carbons (Fsp3) is 0.923. The van der Waals surface area contributed by atoms with Gasteiger partial charge in [0.2, 0.25) is 0 Å². The van der Waals surface area contributed by atoms with Crippen LogP contribution in [0.3, 0.4) is 0 Å². The highest BCUT2D eigenvalue weighted by Gasteiger charge is 2.37. The van der Waals surface area contributed by atoms with E-state index in [0.29, 0.717) is 11.0 Å². The lowest BCUT2D eigenvalue weighted by Gasteiger charge is -2.38. The summed E-state index contributed by atoms with van der Waals surface area (Å²) >= 11 is 0. The van der Waals surface area contributed by atoms with E-state index in [9.17, 15) is 0 Å². The van der Waals surface area contributed by atoms with Crippen LogP contribution in [0.4, 0.5) is 0 Å². The van der Waals surface area contributed by atoms with Crippen LogP contribution < -0.4 is 0 Å². The minimum atomic E-state index is -1.62. The molecule has 0 amide bonds. The largest absolute Gasteiger partial charge is 0.417 e. The summed E-state index contributed by atoms with van der Waals surface area (Å²) in [4.78, 5) is 0.